The topological polar surface area (TPSA) is 76.0 Å². The van der Waals surface area contributed by atoms with Gasteiger partial charge in [-0.2, -0.15) is 0 Å². The third-order valence-corrected chi connectivity index (χ3v) is 5.22. The van der Waals surface area contributed by atoms with Crippen LogP contribution in [0.1, 0.15) is 40.5 Å². The number of aliphatic hydroxyl groups is 2. The van der Waals surface area contributed by atoms with E-state index in [1.54, 1.807) is 6.92 Å². The van der Waals surface area contributed by atoms with Crippen LogP contribution in [0.3, 0.4) is 0 Å². The Kier molecular flexibility index (Phi) is 2.93. The first-order valence-electron chi connectivity index (χ1n) is 7.24. The Morgan fingerprint density at radius 1 is 1.30 bits per heavy atom. The van der Waals surface area contributed by atoms with Gasteiger partial charge < -0.3 is 10.2 Å². The number of carbonyl (C=O) groups excluding carboxylic acids is 1. The Hall–Kier alpha value is -0.750. The molecule has 4 rings (SSSR count). The molecule has 0 saturated carbocycles. The minimum atomic E-state index is -1.20. The van der Waals surface area contributed by atoms with Gasteiger partial charge in [0.1, 0.15) is 11.7 Å². The second-order valence-electron chi connectivity index (χ2n) is 6.89. The number of fused-ring (bicyclic) bond motifs is 2. The molecule has 0 aromatic rings. The average Bonchev–Trinajstić information content (AvgIpc) is 2.54. The molecular weight excluding hydrogens is 260 g/mol. The summed E-state index contributed by atoms with van der Waals surface area (Å²) in [5, 5.41) is 21.4. The predicted molar refractivity (Wildman–Crippen MR) is 70.6 cm³/mol. The molecule has 0 aromatic carbocycles. The van der Waals surface area contributed by atoms with Gasteiger partial charge in [-0.3, -0.25) is 4.79 Å². The van der Waals surface area contributed by atoms with Crippen molar-refractivity contribution in [3.8, 4) is 0 Å². The van der Waals surface area contributed by atoms with Crippen molar-refractivity contribution in [2.45, 2.75) is 63.9 Å². The number of ketones is 1. The molecule has 0 amide bonds. The summed E-state index contributed by atoms with van der Waals surface area (Å²) in [6, 6.07) is 0. The fraction of sp³-hybridized carbons (Fsp3) is 0.800. The molecule has 5 nitrogen and oxygen atoms in total. The molecule has 1 fully saturated rings. The molecular formula is C15H22O5. The summed E-state index contributed by atoms with van der Waals surface area (Å²) in [5.41, 5.74) is -0.959. The summed E-state index contributed by atoms with van der Waals surface area (Å²) in [5.74, 6) is -0.196. The van der Waals surface area contributed by atoms with Gasteiger partial charge in [0, 0.05) is 18.4 Å². The highest BCUT2D eigenvalue weighted by Crippen LogP contribution is 2.53. The van der Waals surface area contributed by atoms with Crippen LogP contribution in [0.15, 0.2) is 11.1 Å². The zero-order valence-electron chi connectivity index (χ0n) is 12.3. The Balaban J connectivity index is 2.23. The number of rotatable bonds is 1. The minimum absolute atomic E-state index is 0.00805. The van der Waals surface area contributed by atoms with Crippen molar-refractivity contribution in [2.75, 3.05) is 0 Å². The standard InChI is InChI=1S/C15H22O5/c1-7(2)15-10(17)6-14(4,19-20-15)12-9(16)5-8(3)11(12)13(15)18/h7-8,10,13,17-18H,5-6H2,1-4H3/t8-,10-,13+,14+,15-/m1/s1. The van der Waals surface area contributed by atoms with Crippen LogP contribution >= 0.6 is 0 Å². The van der Waals surface area contributed by atoms with E-state index < -0.39 is 23.4 Å². The van der Waals surface area contributed by atoms with Gasteiger partial charge >= 0.3 is 0 Å². The van der Waals surface area contributed by atoms with E-state index in [9.17, 15) is 15.0 Å². The third-order valence-electron chi connectivity index (χ3n) is 5.22. The van der Waals surface area contributed by atoms with Gasteiger partial charge in [0.05, 0.1) is 6.10 Å². The first-order valence-corrected chi connectivity index (χ1v) is 7.24. The van der Waals surface area contributed by atoms with Crippen LogP contribution in [0.25, 0.3) is 0 Å². The number of hydrogen-bond acceptors (Lipinski definition) is 5. The van der Waals surface area contributed by atoms with E-state index in [2.05, 4.69) is 0 Å². The van der Waals surface area contributed by atoms with E-state index in [1.165, 1.54) is 0 Å². The highest BCUT2D eigenvalue weighted by Gasteiger charge is 2.64. The summed E-state index contributed by atoms with van der Waals surface area (Å²) >= 11 is 0. The van der Waals surface area contributed by atoms with E-state index in [0.29, 0.717) is 17.6 Å². The second kappa shape index (κ2) is 4.13. The number of carbonyl (C=O) groups is 1. The molecule has 0 spiro atoms. The highest BCUT2D eigenvalue weighted by molar-refractivity contribution is 6.01. The molecule has 2 bridgehead atoms. The summed E-state index contributed by atoms with van der Waals surface area (Å²) in [7, 11) is 0. The van der Waals surface area contributed by atoms with Crippen molar-refractivity contribution >= 4 is 5.78 Å². The van der Waals surface area contributed by atoms with Gasteiger partial charge in [-0.1, -0.05) is 20.8 Å². The van der Waals surface area contributed by atoms with Crippen molar-refractivity contribution in [1.82, 2.24) is 0 Å². The van der Waals surface area contributed by atoms with Gasteiger partial charge in [-0.15, -0.1) is 0 Å². The predicted octanol–water partition coefficient (Wildman–Crippen LogP) is 1.13. The number of hydrogen-bond donors (Lipinski definition) is 2. The normalized spacial score (nSPS) is 48.0. The number of Topliss-reactive ketones (excluding diaryl/α,β-unsaturated/α-hetero) is 1. The molecule has 0 radical (unpaired) electrons. The zero-order valence-corrected chi connectivity index (χ0v) is 12.3. The minimum Gasteiger partial charge on any atom is -0.390 e. The van der Waals surface area contributed by atoms with Gasteiger partial charge in [0.15, 0.2) is 11.4 Å². The molecule has 2 N–H and O–H groups in total. The SMILES string of the molecule is CC(C)[C@@]12OO[C@@](C)(C[C@H]1O)C1=C([C@H](C)CC1=O)[C@@H]2O. The zero-order chi connectivity index (χ0) is 14.9. The lowest BCUT2D eigenvalue weighted by molar-refractivity contribution is -0.461. The molecule has 20 heavy (non-hydrogen) atoms. The van der Waals surface area contributed by atoms with Gasteiger partial charge in [-0.25, -0.2) is 9.78 Å². The van der Waals surface area contributed by atoms with Crippen molar-refractivity contribution in [1.29, 1.82) is 0 Å². The smallest absolute Gasteiger partial charge is 0.162 e. The summed E-state index contributed by atoms with van der Waals surface area (Å²) in [6.45, 7) is 7.44. The molecule has 4 aliphatic rings. The summed E-state index contributed by atoms with van der Waals surface area (Å²) < 4.78 is 0. The lowest BCUT2D eigenvalue weighted by atomic mass is 9.75. The van der Waals surface area contributed by atoms with Gasteiger partial charge in [0.2, 0.25) is 0 Å². The molecule has 5 atom stereocenters. The van der Waals surface area contributed by atoms with Crippen LogP contribution in [-0.2, 0) is 14.6 Å². The maximum absolute atomic E-state index is 12.3. The lowest BCUT2D eigenvalue weighted by Crippen LogP contribution is -2.62. The van der Waals surface area contributed by atoms with E-state index in [0.717, 1.165) is 0 Å². The summed E-state index contributed by atoms with van der Waals surface area (Å²) in [6.07, 6.45) is -1.23. The Labute approximate surface area is 118 Å². The van der Waals surface area contributed by atoms with Crippen LogP contribution in [0, 0.1) is 11.8 Å². The quantitative estimate of drug-likeness (QED) is 0.705. The monoisotopic (exact) mass is 282 g/mol. The summed E-state index contributed by atoms with van der Waals surface area (Å²) in [4.78, 5) is 23.4. The average molecular weight is 282 g/mol. The van der Waals surface area contributed by atoms with Crippen molar-refractivity contribution in [3.63, 3.8) is 0 Å². The molecule has 0 aromatic heterocycles. The van der Waals surface area contributed by atoms with Crippen LogP contribution in [0.2, 0.25) is 0 Å². The Morgan fingerprint density at radius 3 is 2.50 bits per heavy atom. The first kappa shape index (κ1) is 14.2. The number of aliphatic hydroxyl groups excluding tert-OH is 2. The fourth-order valence-electron chi connectivity index (χ4n) is 4.10. The lowest BCUT2D eigenvalue weighted by Gasteiger charge is -2.48. The fourth-order valence-corrected chi connectivity index (χ4v) is 4.10. The first-order chi connectivity index (χ1) is 9.24. The molecule has 0 unspecified atom stereocenters. The Bertz CT molecular complexity index is 496. The van der Waals surface area contributed by atoms with Crippen molar-refractivity contribution in [3.05, 3.63) is 11.1 Å². The maximum atomic E-state index is 12.3. The van der Waals surface area contributed by atoms with Crippen LogP contribution in [0.5, 0.6) is 0 Å². The van der Waals surface area contributed by atoms with Gasteiger partial charge in [-0.05, 0) is 24.3 Å². The Morgan fingerprint density at radius 2 is 1.95 bits per heavy atom. The molecule has 2 aliphatic heterocycles. The van der Waals surface area contributed by atoms with Crippen molar-refractivity contribution < 1.29 is 24.8 Å². The molecule has 2 heterocycles. The van der Waals surface area contributed by atoms with Crippen LogP contribution < -0.4 is 0 Å². The van der Waals surface area contributed by atoms with E-state index in [-0.39, 0.29) is 24.0 Å². The molecule has 5 heteroatoms. The molecule has 1 saturated heterocycles. The molecule has 2 aliphatic carbocycles. The van der Waals surface area contributed by atoms with E-state index >= 15 is 0 Å². The van der Waals surface area contributed by atoms with E-state index in [4.69, 9.17) is 9.78 Å². The second-order valence-corrected chi connectivity index (χ2v) is 6.89. The third kappa shape index (κ3) is 1.49. The maximum Gasteiger partial charge on any atom is 0.162 e. The highest BCUT2D eigenvalue weighted by atomic mass is 17.2. The van der Waals surface area contributed by atoms with Crippen LogP contribution in [-0.4, -0.2) is 39.4 Å². The van der Waals surface area contributed by atoms with E-state index in [1.807, 2.05) is 20.8 Å². The van der Waals surface area contributed by atoms with Gasteiger partial charge in [0.25, 0.3) is 0 Å². The molecule has 112 valence electrons. The van der Waals surface area contributed by atoms with Crippen molar-refractivity contribution in [2.24, 2.45) is 11.8 Å². The van der Waals surface area contributed by atoms with Crippen LogP contribution in [0.4, 0.5) is 0 Å². The largest absolute Gasteiger partial charge is 0.390 e.